The van der Waals surface area contributed by atoms with Crippen molar-refractivity contribution in [1.29, 1.82) is 0 Å². The molecule has 0 saturated heterocycles. The summed E-state index contributed by atoms with van der Waals surface area (Å²) in [5.41, 5.74) is 4.07. The molecular weight excluding hydrogens is 408 g/mol. The minimum Gasteiger partial charge on any atom is -0.306 e. The minimum atomic E-state index is -0.0838. The van der Waals surface area contributed by atoms with Gasteiger partial charge in [-0.15, -0.1) is 11.3 Å². The van der Waals surface area contributed by atoms with Crippen molar-refractivity contribution in [3.8, 4) is 22.5 Å². The summed E-state index contributed by atoms with van der Waals surface area (Å²) in [5, 5.41) is 0.685. The zero-order valence-corrected chi connectivity index (χ0v) is 16.9. The summed E-state index contributed by atoms with van der Waals surface area (Å²) in [4.78, 5) is 22.6. The number of fused-ring (bicyclic) bond motifs is 1. The molecule has 0 aliphatic heterocycles. The predicted octanol–water partition coefficient (Wildman–Crippen LogP) is 5.95. The van der Waals surface area contributed by atoms with Crippen LogP contribution in [-0.2, 0) is 6.42 Å². The van der Waals surface area contributed by atoms with Crippen LogP contribution in [0, 0.1) is 6.92 Å². The van der Waals surface area contributed by atoms with E-state index in [4.69, 9.17) is 4.98 Å². The second-order valence-electron chi connectivity index (χ2n) is 6.22. The van der Waals surface area contributed by atoms with Gasteiger partial charge < -0.3 is 4.98 Å². The Bertz CT molecular complexity index is 1140. The summed E-state index contributed by atoms with van der Waals surface area (Å²) in [6, 6.07) is 16.1. The van der Waals surface area contributed by atoms with Crippen LogP contribution in [0.3, 0.4) is 0 Å². The number of nitrogens with one attached hydrogen (secondary N) is 1. The van der Waals surface area contributed by atoms with Crippen LogP contribution in [0.1, 0.15) is 17.4 Å². The van der Waals surface area contributed by atoms with Gasteiger partial charge in [0.05, 0.1) is 5.39 Å². The van der Waals surface area contributed by atoms with E-state index in [-0.39, 0.29) is 5.56 Å². The number of aromatic amines is 1. The van der Waals surface area contributed by atoms with Gasteiger partial charge in [-0.1, -0.05) is 64.8 Å². The summed E-state index contributed by atoms with van der Waals surface area (Å²) in [5.74, 6) is 0.619. The Morgan fingerprint density at radius 2 is 1.69 bits per heavy atom. The van der Waals surface area contributed by atoms with Crippen molar-refractivity contribution in [2.75, 3.05) is 0 Å². The molecule has 0 spiro atoms. The molecule has 130 valence electrons. The fraction of sp³-hybridized carbons (Fsp3) is 0.143. The second-order valence-corrected chi connectivity index (χ2v) is 8.22. The summed E-state index contributed by atoms with van der Waals surface area (Å²) in [6.45, 7) is 4.16. The molecule has 0 unspecified atom stereocenters. The number of benzene rings is 2. The number of aromatic nitrogens is 2. The van der Waals surface area contributed by atoms with Gasteiger partial charge in [-0.3, -0.25) is 4.79 Å². The first-order valence-corrected chi connectivity index (χ1v) is 10.1. The number of hydrogen-bond donors (Lipinski definition) is 1. The van der Waals surface area contributed by atoms with Crippen LogP contribution in [0.4, 0.5) is 0 Å². The molecule has 5 heteroatoms. The zero-order chi connectivity index (χ0) is 18.3. The number of H-pyrrole nitrogens is 1. The van der Waals surface area contributed by atoms with E-state index < -0.39 is 0 Å². The number of thiophene rings is 1. The van der Waals surface area contributed by atoms with Crippen LogP contribution in [0.15, 0.2) is 57.8 Å². The van der Waals surface area contributed by atoms with Crippen LogP contribution in [0.5, 0.6) is 0 Å². The van der Waals surface area contributed by atoms with Gasteiger partial charge in [0.25, 0.3) is 5.56 Å². The van der Waals surface area contributed by atoms with Gasteiger partial charge in [-0.25, -0.2) is 4.98 Å². The highest BCUT2D eigenvalue weighted by Crippen LogP contribution is 2.37. The van der Waals surface area contributed by atoms with E-state index in [1.165, 1.54) is 10.4 Å². The van der Waals surface area contributed by atoms with Crippen molar-refractivity contribution in [2.45, 2.75) is 20.3 Å². The maximum atomic E-state index is 12.9. The average Bonchev–Trinajstić information content (AvgIpc) is 3.02. The van der Waals surface area contributed by atoms with Crippen molar-refractivity contribution in [2.24, 2.45) is 0 Å². The lowest BCUT2D eigenvalue weighted by Crippen LogP contribution is -2.09. The topological polar surface area (TPSA) is 45.8 Å². The Balaban J connectivity index is 1.95. The van der Waals surface area contributed by atoms with Crippen LogP contribution in [-0.4, -0.2) is 9.97 Å². The molecule has 0 bridgehead atoms. The molecule has 1 N–H and O–H groups in total. The molecule has 0 aliphatic carbocycles. The van der Waals surface area contributed by atoms with E-state index in [0.29, 0.717) is 11.2 Å². The molecule has 2 heterocycles. The summed E-state index contributed by atoms with van der Waals surface area (Å²) >= 11 is 5.08. The number of nitrogens with zero attached hydrogens (tertiary/aromatic N) is 1. The van der Waals surface area contributed by atoms with Gasteiger partial charge in [-0.2, -0.15) is 0 Å². The van der Waals surface area contributed by atoms with E-state index in [0.717, 1.165) is 32.4 Å². The van der Waals surface area contributed by atoms with Gasteiger partial charge in [0.15, 0.2) is 0 Å². The van der Waals surface area contributed by atoms with E-state index in [2.05, 4.69) is 27.8 Å². The van der Waals surface area contributed by atoms with Crippen molar-refractivity contribution in [3.05, 3.63) is 73.8 Å². The molecule has 0 fully saturated rings. The molecule has 2 aromatic heterocycles. The van der Waals surface area contributed by atoms with E-state index in [1.54, 1.807) is 11.3 Å². The first-order chi connectivity index (χ1) is 12.6. The fourth-order valence-corrected chi connectivity index (χ4v) is 4.47. The summed E-state index contributed by atoms with van der Waals surface area (Å²) in [7, 11) is 0. The highest BCUT2D eigenvalue weighted by molar-refractivity contribution is 9.10. The Hall–Kier alpha value is -2.24. The maximum absolute atomic E-state index is 12.9. The third-order valence-electron chi connectivity index (χ3n) is 4.41. The van der Waals surface area contributed by atoms with Crippen molar-refractivity contribution in [3.63, 3.8) is 0 Å². The normalized spacial score (nSPS) is 11.2. The van der Waals surface area contributed by atoms with Crippen LogP contribution in [0.2, 0.25) is 0 Å². The molecule has 0 amide bonds. The lowest BCUT2D eigenvalue weighted by Gasteiger charge is -2.04. The first-order valence-electron chi connectivity index (χ1n) is 8.45. The monoisotopic (exact) mass is 424 g/mol. The molecule has 3 nitrogen and oxygen atoms in total. The molecule has 0 radical (unpaired) electrons. The Kier molecular flexibility index (Phi) is 4.51. The molecule has 2 aromatic carbocycles. The number of halogens is 1. The number of rotatable bonds is 3. The fourth-order valence-electron chi connectivity index (χ4n) is 3.07. The zero-order valence-electron chi connectivity index (χ0n) is 14.5. The van der Waals surface area contributed by atoms with Gasteiger partial charge >= 0.3 is 0 Å². The Labute approximate surface area is 163 Å². The summed E-state index contributed by atoms with van der Waals surface area (Å²) in [6.07, 6.45) is 0.867. The van der Waals surface area contributed by atoms with Crippen LogP contribution >= 0.6 is 27.3 Å². The number of aryl methyl sites for hydroxylation is 2. The van der Waals surface area contributed by atoms with Crippen molar-refractivity contribution in [1.82, 2.24) is 9.97 Å². The average molecular weight is 425 g/mol. The van der Waals surface area contributed by atoms with Crippen molar-refractivity contribution < 1.29 is 0 Å². The maximum Gasteiger partial charge on any atom is 0.260 e. The largest absolute Gasteiger partial charge is 0.306 e. The van der Waals surface area contributed by atoms with Gasteiger partial charge in [0, 0.05) is 20.5 Å². The standard InChI is InChI=1S/C21H17BrN2OS/c1-3-16-17(13-8-10-15(22)11-9-13)18-20(25)23-19(24-21(18)26-16)14-6-4-12(2)5-7-14/h4-11H,3H2,1-2H3,(H,23,24,25). The van der Waals surface area contributed by atoms with Gasteiger partial charge in [0.1, 0.15) is 10.7 Å². The second kappa shape index (κ2) is 6.82. The molecule has 26 heavy (non-hydrogen) atoms. The SMILES string of the molecule is CCc1sc2nc(-c3ccc(C)cc3)[nH]c(=O)c2c1-c1ccc(Br)cc1. The van der Waals surface area contributed by atoms with Crippen LogP contribution in [0.25, 0.3) is 32.7 Å². The van der Waals surface area contributed by atoms with E-state index in [9.17, 15) is 4.79 Å². The molecule has 0 aliphatic rings. The molecule has 4 rings (SSSR count). The summed E-state index contributed by atoms with van der Waals surface area (Å²) < 4.78 is 1.02. The van der Waals surface area contributed by atoms with Crippen molar-refractivity contribution >= 4 is 37.5 Å². The number of hydrogen-bond acceptors (Lipinski definition) is 3. The minimum absolute atomic E-state index is 0.0838. The third kappa shape index (κ3) is 3.02. The van der Waals surface area contributed by atoms with Gasteiger partial charge in [0.2, 0.25) is 0 Å². The highest BCUT2D eigenvalue weighted by Gasteiger charge is 2.18. The lowest BCUT2D eigenvalue weighted by molar-refractivity contribution is 1.18. The Morgan fingerprint density at radius 3 is 2.35 bits per heavy atom. The lowest BCUT2D eigenvalue weighted by atomic mass is 10.0. The smallest absolute Gasteiger partial charge is 0.260 e. The predicted molar refractivity (Wildman–Crippen MR) is 113 cm³/mol. The molecule has 0 saturated carbocycles. The third-order valence-corrected chi connectivity index (χ3v) is 6.17. The van der Waals surface area contributed by atoms with Gasteiger partial charge in [-0.05, 0) is 31.0 Å². The van der Waals surface area contributed by atoms with Crippen LogP contribution < -0.4 is 5.56 Å². The first kappa shape index (κ1) is 17.2. The van der Waals surface area contributed by atoms with E-state index in [1.807, 2.05) is 55.5 Å². The quantitative estimate of drug-likeness (QED) is 0.441. The Morgan fingerprint density at radius 1 is 1.04 bits per heavy atom. The molecule has 4 aromatic rings. The van der Waals surface area contributed by atoms with E-state index >= 15 is 0 Å². The molecule has 0 atom stereocenters. The highest BCUT2D eigenvalue weighted by atomic mass is 79.9. The molecular formula is C21H17BrN2OS.